The normalized spacial score (nSPS) is 10.7. The topological polar surface area (TPSA) is 13.7 Å². The molecule has 0 aromatic heterocycles. The van der Waals surface area contributed by atoms with Crippen molar-refractivity contribution in [1.29, 1.82) is 0 Å². The Balaban J connectivity index is 2.37. The fraction of sp³-hybridized carbons (Fsp3) is 0.500. The molecular weight excluding hydrogens is 254 g/mol. The van der Waals surface area contributed by atoms with Gasteiger partial charge >= 0.3 is 0 Å². The molecule has 0 aliphatic carbocycles. The number of hydrogen-bond acceptors (Lipinski definition) is 1. The highest BCUT2D eigenvalue weighted by atomic mass is 79.9. The molecule has 84 valence electrons. The van der Waals surface area contributed by atoms with Crippen molar-refractivity contribution in [2.24, 2.45) is 0 Å². The SMILES string of the molecule is Cc1ccc(OCCC[NH+](C)C)c(Br)c1. The quantitative estimate of drug-likeness (QED) is 0.806. The third-order valence-corrected chi connectivity index (χ3v) is 2.79. The summed E-state index contributed by atoms with van der Waals surface area (Å²) < 4.78 is 6.72. The predicted octanol–water partition coefficient (Wildman–Crippen LogP) is 1.67. The number of ether oxygens (including phenoxy) is 1. The van der Waals surface area contributed by atoms with Gasteiger partial charge in [-0.3, -0.25) is 0 Å². The van der Waals surface area contributed by atoms with Gasteiger partial charge in [-0.25, -0.2) is 0 Å². The van der Waals surface area contributed by atoms with Crippen molar-refractivity contribution in [3.63, 3.8) is 0 Å². The summed E-state index contributed by atoms with van der Waals surface area (Å²) in [7, 11) is 4.31. The van der Waals surface area contributed by atoms with Gasteiger partial charge in [0.15, 0.2) is 0 Å². The van der Waals surface area contributed by atoms with Gasteiger partial charge in [0.25, 0.3) is 0 Å². The molecule has 0 radical (unpaired) electrons. The minimum atomic E-state index is 0.785. The van der Waals surface area contributed by atoms with Crippen LogP contribution in [-0.2, 0) is 0 Å². The molecule has 0 heterocycles. The molecule has 15 heavy (non-hydrogen) atoms. The van der Waals surface area contributed by atoms with Gasteiger partial charge in [0, 0.05) is 6.42 Å². The van der Waals surface area contributed by atoms with Crippen molar-refractivity contribution >= 4 is 15.9 Å². The summed E-state index contributed by atoms with van der Waals surface area (Å²) in [6.45, 7) is 4.00. The monoisotopic (exact) mass is 272 g/mol. The number of hydrogen-bond donors (Lipinski definition) is 1. The fourth-order valence-corrected chi connectivity index (χ4v) is 1.94. The molecular formula is C12H19BrNO+. The molecule has 0 spiro atoms. The fourth-order valence-electron chi connectivity index (χ4n) is 1.33. The lowest BCUT2D eigenvalue weighted by Crippen LogP contribution is -3.05. The molecule has 1 aromatic carbocycles. The minimum absolute atomic E-state index is 0.785. The molecule has 1 aromatic rings. The summed E-state index contributed by atoms with van der Waals surface area (Å²) in [6.07, 6.45) is 1.09. The molecule has 0 amide bonds. The standard InChI is InChI=1S/C12H18BrNO/c1-10-5-6-12(11(13)9-10)15-8-4-7-14(2)3/h5-6,9H,4,7-8H2,1-3H3/p+1. The average molecular weight is 273 g/mol. The van der Waals surface area contributed by atoms with E-state index in [9.17, 15) is 0 Å². The third kappa shape index (κ3) is 4.67. The summed E-state index contributed by atoms with van der Waals surface area (Å²) in [4.78, 5) is 1.46. The van der Waals surface area contributed by atoms with Crippen molar-refractivity contribution in [1.82, 2.24) is 0 Å². The predicted molar refractivity (Wildman–Crippen MR) is 66.7 cm³/mol. The summed E-state index contributed by atoms with van der Waals surface area (Å²) in [5.74, 6) is 0.939. The van der Waals surface area contributed by atoms with Crippen molar-refractivity contribution in [2.75, 3.05) is 27.2 Å². The van der Waals surface area contributed by atoms with Gasteiger partial charge < -0.3 is 9.64 Å². The van der Waals surface area contributed by atoms with Crippen molar-refractivity contribution in [3.8, 4) is 5.75 Å². The first-order chi connectivity index (χ1) is 7.09. The number of benzene rings is 1. The average Bonchev–Trinajstić information content (AvgIpc) is 2.14. The Bertz CT molecular complexity index is 312. The number of halogens is 1. The van der Waals surface area contributed by atoms with E-state index in [-0.39, 0.29) is 0 Å². The van der Waals surface area contributed by atoms with Gasteiger partial charge in [0.05, 0.1) is 31.7 Å². The summed E-state index contributed by atoms with van der Waals surface area (Å²) in [6, 6.07) is 6.16. The second kappa shape index (κ2) is 6.13. The number of quaternary nitrogens is 1. The number of aryl methyl sites for hydroxylation is 1. The summed E-state index contributed by atoms with van der Waals surface area (Å²) >= 11 is 3.50. The zero-order valence-corrected chi connectivity index (χ0v) is 11.2. The largest absolute Gasteiger partial charge is 0.492 e. The Morgan fingerprint density at radius 2 is 2.07 bits per heavy atom. The lowest BCUT2D eigenvalue weighted by molar-refractivity contribution is -0.858. The first-order valence-electron chi connectivity index (χ1n) is 5.27. The van der Waals surface area contributed by atoms with E-state index in [4.69, 9.17) is 4.74 Å². The molecule has 0 saturated carbocycles. The second-order valence-corrected chi connectivity index (χ2v) is 4.95. The first-order valence-corrected chi connectivity index (χ1v) is 6.07. The number of rotatable bonds is 5. The van der Waals surface area contributed by atoms with Crippen LogP contribution in [0.25, 0.3) is 0 Å². The molecule has 1 N–H and O–H groups in total. The van der Waals surface area contributed by atoms with Gasteiger partial charge in [-0.2, -0.15) is 0 Å². The van der Waals surface area contributed by atoms with Gasteiger partial charge in [-0.05, 0) is 40.5 Å². The lowest BCUT2D eigenvalue weighted by Gasteiger charge is -2.10. The van der Waals surface area contributed by atoms with Crippen LogP contribution in [0.2, 0.25) is 0 Å². The third-order valence-electron chi connectivity index (χ3n) is 2.17. The maximum Gasteiger partial charge on any atom is 0.133 e. The van der Waals surface area contributed by atoms with Crippen LogP contribution in [0, 0.1) is 6.92 Å². The molecule has 3 heteroatoms. The van der Waals surface area contributed by atoms with Gasteiger partial charge in [0.1, 0.15) is 5.75 Å². The maximum atomic E-state index is 5.68. The summed E-state index contributed by atoms with van der Waals surface area (Å²) in [5.41, 5.74) is 1.24. The van der Waals surface area contributed by atoms with Gasteiger partial charge in [-0.15, -0.1) is 0 Å². The number of nitrogens with one attached hydrogen (secondary N) is 1. The van der Waals surface area contributed by atoms with E-state index < -0.39 is 0 Å². The van der Waals surface area contributed by atoms with E-state index in [1.54, 1.807) is 0 Å². The van der Waals surface area contributed by atoms with Crippen molar-refractivity contribution in [3.05, 3.63) is 28.2 Å². The molecule has 0 bridgehead atoms. The van der Waals surface area contributed by atoms with Crippen LogP contribution in [-0.4, -0.2) is 27.2 Å². The van der Waals surface area contributed by atoms with Gasteiger partial charge in [-0.1, -0.05) is 6.07 Å². The lowest BCUT2D eigenvalue weighted by atomic mass is 10.2. The highest BCUT2D eigenvalue weighted by molar-refractivity contribution is 9.10. The molecule has 1 rings (SSSR count). The van der Waals surface area contributed by atoms with Crippen LogP contribution in [0.4, 0.5) is 0 Å². The Morgan fingerprint density at radius 3 is 2.67 bits per heavy atom. The zero-order chi connectivity index (χ0) is 11.3. The van der Waals surface area contributed by atoms with Crippen LogP contribution >= 0.6 is 15.9 Å². The molecule has 2 nitrogen and oxygen atoms in total. The van der Waals surface area contributed by atoms with Crippen LogP contribution in [0.5, 0.6) is 5.75 Å². The maximum absolute atomic E-state index is 5.68. The van der Waals surface area contributed by atoms with Crippen molar-refractivity contribution in [2.45, 2.75) is 13.3 Å². The van der Waals surface area contributed by atoms with E-state index in [2.05, 4.69) is 49.1 Å². The second-order valence-electron chi connectivity index (χ2n) is 4.09. The smallest absolute Gasteiger partial charge is 0.133 e. The van der Waals surface area contributed by atoms with Gasteiger partial charge in [0.2, 0.25) is 0 Å². The van der Waals surface area contributed by atoms with Crippen LogP contribution in [0.1, 0.15) is 12.0 Å². The van der Waals surface area contributed by atoms with E-state index >= 15 is 0 Å². The Morgan fingerprint density at radius 1 is 1.33 bits per heavy atom. The van der Waals surface area contributed by atoms with E-state index in [1.807, 2.05) is 6.07 Å². The van der Waals surface area contributed by atoms with Crippen LogP contribution in [0.3, 0.4) is 0 Å². The van der Waals surface area contributed by atoms with E-state index in [1.165, 1.54) is 10.5 Å². The van der Waals surface area contributed by atoms with E-state index in [0.717, 1.165) is 29.8 Å². The van der Waals surface area contributed by atoms with Crippen LogP contribution in [0.15, 0.2) is 22.7 Å². The molecule has 0 atom stereocenters. The van der Waals surface area contributed by atoms with Crippen LogP contribution < -0.4 is 9.64 Å². The molecule has 0 unspecified atom stereocenters. The highest BCUT2D eigenvalue weighted by Gasteiger charge is 2.01. The zero-order valence-electron chi connectivity index (χ0n) is 9.64. The minimum Gasteiger partial charge on any atom is -0.492 e. The van der Waals surface area contributed by atoms with E-state index in [0.29, 0.717) is 0 Å². The Kier molecular flexibility index (Phi) is 5.12. The molecule has 0 saturated heterocycles. The molecule has 0 aliphatic heterocycles. The summed E-state index contributed by atoms with van der Waals surface area (Å²) in [5, 5.41) is 0. The Hall–Kier alpha value is -0.540. The molecule has 0 fully saturated rings. The van der Waals surface area contributed by atoms with Crippen molar-refractivity contribution < 1.29 is 9.64 Å². The Labute approximate surface area is 100 Å². The first kappa shape index (κ1) is 12.5. The highest BCUT2D eigenvalue weighted by Crippen LogP contribution is 2.25. The molecule has 0 aliphatic rings.